The normalized spacial score (nSPS) is 10.8. The molecule has 2 rings (SSSR count). The fourth-order valence-electron chi connectivity index (χ4n) is 1.85. The summed E-state index contributed by atoms with van der Waals surface area (Å²) in [5.41, 5.74) is 1.08. The van der Waals surface area contributed by atoms with Gasteiger partial charge in [0.15, 0.2) is 12.4 Å². The van der Waals surface area contributed by atoms with Gasteiger partial charge in [-0.3, -0.25) is 0 Å². The Hall–Kier alpha value is -1.40. The monoisotopic (exact) mass is 339 g/mol. The summed E-state index contributed by atoms with van der Waals surface area (Å²) < 4.78 is 11.9. The van der Waals surface area contributed by atoms with E-state index in [1.54, 1.807) is 0 Å². The van der Waals surface area contributed by atoms with E-state index in [0.717, 1.165) is 41.0 Å². The second-order valence-electron chi connectivity index (χ2n) is 4.40. The molecule has 2 aromatic rings. The number of rotatable bonds is 7. The van der Waals surface area contributed by atoms with Crippen LogP contribution < -0.4 is 10.1 Å². The molecule has 0 aliphatic carbocycles. The number of hydrogen-bond acceptors (Lipinski definition) is 5. The minimum Gasteiger partial charge on any atom is -0.482 e. The van der Waals surface area contributed by atoms with Gasteiger partial charge in [0.25, 0.3) is 5.89 Å². The van der Waals surface area contributed by atoms with Gasteiger partial charge >= 0.3 is 0 Å². The van der Waals surface area contributed by atoms with Gasteiger partial charge in [-0.2, -0.15) is 4.98 Å². The van der Waals surface area contributed by atoms with Gasteiger partial charge in [-0.15, -0.1) is 0 Å². The molecule has 0 fully saturated rings. The predicted molar refractivity (Wildman–Crippen MR) is 79.5 cm³/mol. The van der Waals surface area contributed by atoms with Gasteiger partial charge in [0.05, 0.1) is 4.47 Å². The number of hydrogen-bond donors (Lipinski definition) is 1. The van der Waals surface area contributed by atoms with Gasteiger partial charge in [0.1, 0.15) is 5.75 Å². The minimum absolute atomic E-state index is 0.274. The molecule has 0 saturated heterocycles. The van der Waals surface area contributed by atoms with Crippen molar-refractivity contribution in [2.24, 2.45) is 0 Å². The Morgan fingerprint density at radius 2 is 2.25 bits per heavy atom. The lowest BCUT2D eigenvalue weighted by atomic mass is 10.2. The van der Waals surface area contributed by atoms with Crippen LogP contribution >= 0.6 is 15.9 Å². The van der Waals surface area contributed by atoms with Gasteiger partial charge in [0.2, 0.25) is 0 Å². The zero-order valence-electron chi connectivity index (χ0n) is 11.6. The summed E-state index contributed by atoms with van der Waals surface area (Å²) in [4.78, 5) is 4.29. The summed E-state index contributed by atoms with van der Waals surface area (Å²) in [6.45, 7) is 3.09. The molecule has 0 atom stereocenters. The molecule has 6 heteroatoms. The Morgan fingerprint density at radius 3 is 3.00 bits per heavy atom. The second-order valence-corrected chi connectivity index (χ2v) is 5.26. The number of aryl methyl sites for hydroxylation is 1. The van der Waals surface area contributed by atoms with Crippen LogP contribution in [-0.4, -0.2) is 17.2 Å². The number of benzene rings is 1. The lowest BCUT2D eigenvalue weighted by molar-refractivity contribution is 0.239. The molecule has 108 valence electrons. The van der Waals surface area contributed by atoms with E-state index < -0.39 is 0 Å². The number of halogens is 1. The summed E-state index contributed by atoms with van der Waals surface area (Å²) in [5, 5.41) is 7.03. The molecule has 20 heavy (non-hydrogen) atoms. The van der Waals surface area contributed by atoms with Crippen LogP contribution in [-0.2, 0) is 19.6 Å². The molecular formula is C14H18BrN3O2. The largest absolute Gasteiger partial charge is 0.482 e. The van der Waals surface area contributed by atoms with Crippen LogP contribution in [0.3, 0.4) is 0 Å². The molecular weight excluding hydrogens is 322 g/mol. The summed E-state index contributed by atoms with van der Waals surface area (Å²) in [6.07, 6.45) is 1.82. The van der Waals surface area contributed by atoms with E-state index in [9.17, 15) is 0 Å². The zero-order valence-corrected chi connectivity index (χ0v) is 13.2. The smallest absolute Gasteiger partial charge is 0.264 e. The highest BCUT2D eigenvalue weighted by atomic mass is 79.9. The minimum atomic E-state index is 0.274. The van der Waals surface area contributed by atoms with Crippen molar-refractivity contribution in [1.29, 1.82) is 0 Å². The van der Waals surface area contributed by atoms with Crippen molar-refractivity contribution in [3.05, 3.63) is 40.0 Å². The Kier molecular flexibility index (Phi) is 5.55. The number of nitrogens with one attached hydrogen (secondary N) is 1. The van der Waals surface area contributed by atoms with Gasteiger partial charge in [0, 0.05) is 18.5 Å². The Bertz CT molecular complexity index is 557. The van der Waals surface area contributed by atoms with Crippen molar-refractivity contribution in [3.8, 4) is 5.75 Å². The third-order valence-corrected chi connectivity index (χ3v) is 3.36. The molecule has 0 radical (unpaired) electrons. The van der Waals surface area contributed by atoms with Crippen molar-refractivity contribution in [1.82, 2.24) is 15.5 Å². The first-order valence-electron chi connectivity index (χ1n) is 6.60. The first kappa shape index (κ1) is 15.0. The first-order valence-corrected chi connectivity index (χ1v) is 7.40. The van der Waals surface area contributed by atoms with Crippen LogP contribution in [0.1, 0.15) is 30.6 Å². The zero-order chi connectivity index (χ0) is 14.4. The lowest BCUT2D eigenvalue weighted by Crippen LogP contribution is -2.08. The van der Waals surface area contributed by atoms with Crippen LogP contribution in [0.2, 0.25) is 0 Å². The van der Waals surface area contributed by atoms with Crippen molar-refractivity contribution >= 4 is 15.9 Å². The van der Waals surface area contributed by atoms with Crippen LogP contribution in [0.5, 0.6) is 5.75 Å². The number of para-hydroxylation sites is 1. The van der Waals surface area contributed by atoms with Crippen molar-refractivity contribution in [2.75, 3.05) is 7.05 Å². The second kappa shape index (κ2) is 7.40. The molecule has 0 amide bonds. The number of aromatic nitrogens is 2. The summed E-state index contributed by atoms with van der Waals surface area (Å²) in [7, 11) is 1.90. The van der Waals surface area contributed by atoms with Gasteiger partial charge < -0.3 is 14.6 Å². The standard InChI is InChI=1S/C14H18BrN3O2/c1-3-5-12-17-13(20-18-12)9-19-14-10(8-16-2)6-4-7-11(14)15/h4,6-7,16H,3,5,8-9H2,1-2H3. The average Bonchev–Trinajstić information content (AvgIpc) is 2.87. The van der Waals surface area contributed by atoms with Gasteiger partial charge in [-0.05, 0) is 35.5 Å². The highest BCUT2D eigenvalue weighted by molar-refractivity contribution is 9.10. The molecule has 1 N–H and O–H groups in total. The van der Waals surface area contributed by atoms with Gasteiger partial charge in [-0.1, -0.05) is 24.2 Å². The van der Waals surface area contributed by atoms with E-state index in [-0.39, 0.29) is 6.61 Å². The van der Waals surface area contributed by atoms with E-state index in [1.807, 2.05) is 25.2 Å². The van der Waals surface area contributed by atoms with Crippen LogP contribution in [0.25, 0.3) is 0 Å². The maximum absolute atomic E-state index is 5.81. The lowest BCUT2D eigenvalue weighted by Gasteiger charge is -2.11. The van der Waals surface area contributed by atoms with Crippen LogP contribution in [0.4, 0.5) is 0 Å². The summed E-state index contributed by atoms with van der Waals surface area (Å²) in [5.74, 6) is 2.03. The molecule has 0 spiro atoms. The van der Waals surface area contributed by atoms with E-state index >= 15 is 0 Å². The molecule has 5 nitrogen and oxygen atoms in total. The average molecular weight is 340 g/mol. The maximum atomic E-state index is 5.81. The van der Waals surface area contributed by atoms with E-state index in [2.05, 4.69) is 38.3 Å². The van der Waals surface area contributed by atoms with Crippen molar-refractivity contribution < 1.29 is 9.26 Å². The SMILES string of the molecule is CCCc1noc(COc2c(Br)cccc2CNC)n1. The summed E-state index contributed by atoms with van der Waals surface area (Å²) in [6, 6.07) is 5.95. The van der Waals surface area contributed by atoms with Gasteiger partial charge in [-0.25, -0.2) is 0 Å². The third kappa shape index (κ3) is 3.80. The molecule has 0 bridgehead atoms. The maximum Gasteiger partial charge on any atom is 0.264 e. The molecule has 1 aromatic carbocycles. The Labute approximate surface area is 126 Å². The van der Waals surface area contributed by atoms with E-state index in [4.69, 9.17) is 9.26 Å². The van der Waals surface area contributed by atoms with Crippen LogP contribution in [0, 0.1) is 0 Å². The summed E-state index contributed by atoms with van der Waals surface area (Å²) >= 11 is 3.50. The highest BCUT2D eigenvalue weighted by Crippen LogP contribution is 2.29. The fraction of sp³-hybridized carbons (Fsp3) is 0.429. The molecule has 1 aromatic heterocycles. The first-order chi connectivity index (χ1) is 9.74. The predicted octanol–water partition coefficient (Wildman–Crippen LogP) is 3.08. The number of ether oxygens (including phenoxy) is 1. The molecule has 0 unspecified atom stereocenters. The number of nitrogens with zero attached hydrogens (tertiary/aromatic N) is 2. The quantitative estimate of drug-likeness (QED) is 0.839. The Balaban J connectivity index is 2.05. The molecule has 0 aliphatic heterocycles. The van der Waals surface area contributed by atoms with Crippen molar-refractivity contribution in [2.45, 2.75) is 32.9 Å². The van der Waals surface area contributed by atoms with E-state index in [0.29, 0.717) is 5.89 Å². The van der Waals surface area contributed by atoms with Crippen molar-refractivity contribution in [3.63, 3.8) is 0 Å². The van der Waals surface area contributed by atoms with Crippen LogP contribution in [0.15, 0.2) is 27.2 Å². The van der Waals surface area contributed by atoms with E-state index in [1.165, 1.54) is 0 Å². The highest BCUT2D eigenvalue weighted by Gasteiger charge is 2.11. The topological polar surface area (TPSA) is 60.2 Å². The fourth-order valence-corrected chi connectivity index (χ4v) is 2.37. The molecule has 0 saturated carbocycles. The Morgan fingerprint density at radius 1 is 1.40 bits per heavy atom. The third-order valence-electron chi connectivity index (χ3n) is 2.74. The molecule has 1 heterocycles. The molecule has 0 aliphatic rings.